The predicted molar refractivity (Wildman–Crippen MR) is 61.0 cm³/mol. The molecule has 1 nitrogen and oxygen atoms in total. The summed E-state index contributed by atoms with van der Waals surface area (Å²) in [5.74, 6) is -0.774. The van der Waals surface area contributed by atoms with Gasteiger partial charge in [0.25, 0.3) is 0 Å². The Morgan fingerprint density at radius 3 is 2.35 bits per heavy atom. The molecule has 0 aliphatic rings. The molecular weight excluding hydrogens is 281 g/mol. The van der Waals surface area contributed by atoms with Gasteiger partial charge in [-0.05, 0) is 18.6 Å². The number of hydrogen-bond acceptors (Lipinski definition) is 1. The first-order chi connectivity index (χ1) is 7.22. The molecule has 0 saturated carbocycles. The van der Waals surface area contributed by atoms with Gasteiger partial charge in [0.05, 0.1) is 6.42 Å². The summed E-state index contributed by atoms with van der Waals surface area (Å²) in [6.07, 6.45) is -5.74. The van der Waals surface area contributed by atoms with Crippen molar-refractivity contribution >= 4 is 24.0 Å². The number of alkyl halides is 3. The van der Waals surface area contributed by atoms with Crippen LogP contribution in [0, 0.1) is 12.7 Å². The third kappa shape index (κ3) is 4.33. The van der Waals surface area contributed by atoms with Crippen molar-refractivity contribution in [3.63, 3.8) is 0 Å². The first-order valence-corrected chi connectivity index (χ1v) is 4.87. The highest BCUT2D eigenvalue weighted by Gasteiger charge is 2.33. The van der Waals surface area contributed by atoms with Crippen LogP contribution in [0.5, 0.6) is 0 Å². The van der Waals surface area contributed by atoms with Crippen molar-refractivity contribution in [1.82, 2.24) is 0 Å². The minimum absolute atomic E-state index is 0. The van der Waals surface area contributed by atoms with Gasteiger partial charge in [0, 0.05) is 16.6 Å². The van der Waals surface area contributed by atoms with E-state index in [0.29, 0.717) is 0 Å². The summed E-state index contributed by atoms with van der Waals surface area (Å²) in [6, 6.07) is 1.25. The van der Waals surface area contributed by atoms with Gasteiger partial charge in [-0.1, -0.05) is 17.7 Å². The maximum absolute atomic E-state index is 13.6. The molecular formula is C10H11Cl2F4N. The molecule has 2 N–H and O–H groups in total. The molecule has 1 aromatic carbocycles. The summed E-state index contributed by atoms with van der Waals surface area (Å²) in [4.78, 5) is 0. The summed E-state index contributed by atoms with van der Waals surface area (Å²) in [7, 11) is 0. The van der Waals surface area contributed by atoms with Crippen LogP contribution in [0.3, 0.4) is 0 Å². The van der Waals surface area contributed by atoms with E-state index in [9.17, 15) is 17.6 Å². The highest BCUT2D eigenvalue weighted by atomic mass is 35.5. The Bertz CT molecular complexity index is 393. The Labute approximate surface area is 107 Å². The largest absolute Gasteiger partial charge is 0.390 e. The van der Waals surface area contributed by atoms with Crippen LogP contribution in [0.2, 0.25) is 5.02 Å². The smallest absolute Gasteiger partial charge is 0.324 e. The minimum atomic E-state index is -4.45. The van der Waals surface area contributed by atoms with E-state index >= 15 is 0 Å². The first kappa shape index (κ1) is 16.5. The van der Waals surface area contributed by atoms with Crippen LogP contribution in [-0.4, -0.2) is 6.18 Å². The molecule has 98 valence electrons. The molecule has 0 aliphatic heterocycles. The van der Waals surface area contributed by atoms with Gasteiger partial charge in [-0.3, -0.25) is 0 Å². The molecule has 0 radical (unpaired) electrons. The van der Waals surface area contributed by atoms with E-state index in [1.165, 1.54) is 19.1 Å². The van der Waals surface area contributed by atoms with Crippen molar-refractivity contribution in [2.45, 2.75) is 25.6 Å². The van der Waals surface area contributed by atoms with E-state index in [0.717, 1.165) is 0 Å². The molecule has 0 saturated heterocycles. The van der Waals surface area contributed by atoms with Gasteiger partial charge in [0.2, 0.25) is 0 Å². The summed E-state index contributed by atoms with van der Waals surface area (Å²) >= 11 is 5.64. The molecule has 0 spiro atoms. The van der Waals surface area contributed by atoms with E-state index in [1.54, 1.807) is 0 Å². The molecule has 0 aliphatic carbocycles. The number of halogens is 6. The summed E-state index contributed by atoms with van der Waals surface area (Å²) in [5.41, 5.74) is 5.25. The maximum atomic E-state index is 13.6. The van der Waals surface area contributed by atoms with Crippen LogP contribution in [0.4, 0.5) is 17.6 Å². The highest BCUT2D eigenvalue weighted by Crippen LogP contribution is 2.33. The van der Waals surface area contributed by atoms with Crippen molar-refractivity contribution in [3.05, 3.63) is 34.1 Å². The molecule has 0 heterocycles. The molecule has 7 heteroatoms. The average Bonchev–Trinajstić information content (AvgIpc) is 2.09. The fourth-order valence-electron chi connectivity index (χ4n) is 1.37. The van der Waals surface area contributed by atoms with Gasteiger partial charge < -0.3 is 5.73 Å². The van der Waals surface area contributed by atoms with Crippen LogP contribution < -0.4 is 5.73 Å². The molecule has 1 atom stereocenters. The third-order valence-electron chi connectivity index (χ3n) is 2.14. The minimum Gasteiger partial charge on any atom is -0.324 e. The Balaban J connectivity index is 0.00000256. The normalized spacial score (nSPS) is 13.1. The number of aryl methyl sites for hydroxylation is 1. The van der Waals surface area contributed by atoms with Crippen LogP contribution in [-0.2, 0) is 0 Å². The quantitative estimate of drug-likeness (QED) is 0.814. The molecule has 0 unspecified atom stereocenters. The third-order valence-corrected chi connectivity index (χ3v) is 2.47. The van der Waals surface area contributed by atoms with Gasteiger partial charge in [-0.25, -0.2) is 4.39 Å². The summed E-state index contributed by atoms with van der Waals surface area (Å²) in [5, 5.41) is -0.0835. The standard InChI is InChI=1S/C10H10ClF4N.ClH/c1-5-2-3-6(11)8(9(5)12)7(16)4-10(13,14)15;/h2-3,7H,4,16H2,1H3;1H/t7-;/m1./s1. The van der Waals surface area contributed by atoms with Crippen molar-refractivity contribution < 1.29 is 17.6 Å². The van der Waals surface area contributed by atoms with Crippen molar-refractivity contribution in [2.24, 2.45) is 5.73 Å². The zero-order valence-electron chi connectivity index (χ0n) is 8.81. The van der Waals surface area contributed by atoms with Gasteiger partial charge in [-0.15, -0.1) is 12.4 Å². The zero-order chi connectivity index (χ0) is 12.5. The molecule has 0 bridgehead atoms. The van der Waals surface area contributed by atoms with Crippen molar-refractivity contribution in [1.29, 1.82) is 0 Å². The van der Waals surface area contributed by atoms with Crippen molar-refractivity contribution in [3.8, 4) is 0 Å². The van der Waals surface area contributed by atoms with Crippen LogP contribution in [0.1, 0.15) is 23.6 Å². The predicted octanol–water partition coefficient (Wildman–Crippen LogP) is 4.16. The second kappa shape index (κ2) is 5.89. The Morgan fingerprint density at radius 2 is 1.88 bits per heavy atom. The fourth-order valence-corrected chi connectivity index (χ4v) is 1.66. The van der Waals surface area contributed by atoms with E-state index in [-0.39, 0.29) is 28.6 Å². The maximum Gasteiger partial charge on any atom is 0.390 e. The molecule has 0 aromatic heterocycles. The highest BCUT2D eigenvalue weighted by molar-refractivity contribution is 6.31. The molecule has 1 rings (SSSR count). The number of rotatable bonds is 2. The Kier molecular flexibility index (Phi) is 5.71. The molecule has 1 aromatic rings. The fraction of sp³-hybridized carbons (Fsp3) is 0.400. The van der Waals surface area contributed by atoms with E-state index in [4.69, 9.17) is 17.3 Å². The molecule has 0 fully saturated rings. The number of hydrogen-bond donors (Lipinski definition) is 1. The van der Waals surface area contributed by atoms with Gasteiger partial charge >= 0.3 is 6.18 Å². The van der Waals surface area contributed by atoms with Crippen molar-refractivity contribution in [2.75, 3.05) is 0 Å². The van der Waals surface area contributed by atoms with Gasteiger partial charge in [0.15, 0.2) is 0 Å². The summed E-state index contributed by atoms with van der Waals surface area (Å²) < 4.78 is 49.9. The second-order valence-electron chi connectivity index (χ2n) is 3.52. The Morgan fingerprint density at radius 1 is 1.35 bits per heavy atom. The summed E-state index contributed by atoms with van der Waals surface area (Å²) in [6.45, 7) is 1.44. The zero-order valence-corrected chi connectivity index (χ0v) is 10.4. The number of benzene rings is 1. The van der Waals surface area contributed by atoms with Gasteiger partial charge in [0.1, 0.15) is 5.82 Å². The van der Waals surface area contributed by atoms with Crippen LogP contribution >= 0.6 is 24.0 Å². The average molecular weight is 292 g/mol. The first-order valence-electron chi connectivity index (χ1n) is 4.49. The second-order valence-corrected chi connectivity index (χ2v) is 3.92. The lowest BCUT2D eigenvalue weighted by Crippen LogP contribution is -2.21. The van der Waals surface area contributed by atoms with E-state index in [1.807, 2.05) is 0 Å². The lowest BCUT2D eigenvalue weighted by molar-refractivity contribution is -0.138. The Hall–Kier alpha value is -0.520. The molecule has 0 amide bonds. The topological polar surface area (TPSA) is 26.0 Å². The lowest BCUT2D eigenvalue weighted by atomic mass is 10.0. The van der Waals surface area contributed by atoms with E-state index < -0.39 is 24.5 Å². The van der Waals surface area contributed by atoms with Crippen LogP contribution in [0.25, 0.3) is 0 Å². The molecule has 17 heavy (non-hydrogen) atoms. The van der Waals surface area contributed by atoms with Gasteiger partial charge in [-0.2, -0.15) is 13.2 Å². The SMILES string of the molecule is Cc1ccc(Cl)c([C@H](N)CC(F)(F)F)c1F.Cl. The monoisotopic (exact) mass is 291 g/mol. The lowest BCUT2D eigenvalue weighted by Gasteiger charge is -2.17. The van der Waals surface area contributed by atoms with E-state index in [2.05, 4.69) is 0 Å². The van der Waals surface area contributed by atoms with Crippen LogP contribution in [0.15, 0.2) is 12.1 Å². The number of nitrogens with two attached hydrogens (primary N) is 1.